The number of rotatable bonds is 2. The van der Waals surface area contributed by atoms with Gasteiger partial charge in [0.15, 0.2) is 0 Å². The highest BCUT2D eigenvalue weighted by molar-refractivity contribution is 6.34. The van der Waals surface area contributed by atoms with E-state index in [-0.39, 0.29) is 16.5 Å². The van der Waals surface area contributed by atoms with Gasteiger partial charge < -0.3 is 4.74 Å². The van der Waals surface area contributed by atoms with E-state index in [1.54, 1.807) is 6.92 Å². The minimum atomic E-state index is -1.17. The van der Waals surface area contributed by atoms with Gasteiger partial charge in [0.1, 0.15) is 5.56 Å². The van der Waals surface area contributed by atoms with E-state index in [2.05, 4.69) is 9.93 Å². The Kier molecular flexibility index (Phi) is 3.24. The molecular weight excluding hydrogens is 213 g/mol. The molecule has 0 atom stereocenters. The van der Waals surface area contributed by atoms with Gasteiger partial charge in [-0.15, -0.1) is 0 Å². The number of halogens is 2. The Hall–Kier alpha value is -1.36. The van der Waals surface area contributed by atoms with Crippen LogP contribution in [0.3, 0.4) is 0 Å². The number of ether oxygens (including phenoxy) is 1. The van der Waals surface area contributed by atoms with E-state index in [0.29, 0.717) is 5.56 Å². The van der Waals surface area contributed by atoms with E-state index < -0.39 is 5.97 Å². The van der Waals surface area contributed by atoms with Gasteiger partial charge in [0.25, 0.3) is 0 Å². The third-order valence-electron chi connectivity index (χ3n) is 1.68. The second-order valence-electron chi connectivity index (χ2n) is 2.48. The predicted molar refractivity (Wildman–Crippen MR) is 47.1 cm³/mol. The molecule has 1 rings (SSSR count). The lowest BCUT2D eigenvalue weighted by Crippen LogP contribution is -2.03. The zero-order valence-electron chi connectivity index (χ0n) is 7.51. The second-order valence-corrected chi connectivity index (χ2v) is 2.86. The SMILES string of the molecule is COc1ncc(C(=O)OF)c(Cl)c1C. The van der Waals surface area contributed by atoms with Gasteiger partial charge >= 0.3 is 5.97 Å². The fourth-order valence-corrected chi connectivity index (χ4v) is 1.17. The third kappa shape index (κ3) is 1.77. The molecule has 1 aromatic heterocycles. The summed E-state index contributed by atoms with van der Waals surface area (Å²) in [6.45, 7) is 1.60. The number of carbonyl (C=O) groups excluding carboxylic acids is 1. The van der Waals surface area contributed by atoms with Gasteiger partial charge in [0, 0.05) is 16.3 Å². The quantitative estimate of drug-likeness (QED) is 0.764. The molecule has 76 valence electrons. The van der Waals surface area contributed by atoms with E-state index in [4.69, 9.17) is 16.3 Å². The molecule has 0 unspecified atom stereocenters. The fourth-order valence-electron chi connectivity index (χ4n) is 0.962. The molecule has 0 saturated carbocycles. The number of hydrogen-bond donors (Lipinski definition) is 0. The molecule has 0 spiro atoms. The Bertz CT molecular complexity index is 370. The summed E-state index contributed by atoms with van der Waals surface area (Å²) in [5, 5.41) is 0.0690. The minimum Gasteiger partial charge on any atom is -0.481 e. The lowest BCUT2D eigenvalue weighted by molar-refractivity contribution is -0.0788. The third-order valence-corrected chi connectivity index (χ3v) is 2.17. The Morgan fingerprint density at radius 3 is 2.79 bits per heavy atom. The molecule has 0 fully saturated rings. The number of methoxy groups -OCH3 is 1. The molecule has 0 bridgehead atoms. The van der Waals surface area contributed by atoms with E-state index in [9.17, 15) is 9.32 Å². The molecule has 0 aromatic carbocycles. The van der Waals surface area contributed by atoms with Crippen LogP contribution in [0.15, 0.2) is 6.20 Å². The van der Waals surface area contributed by atoms with Crippen LogP contribution < -0.4 is 4.74 Å². The van der Waals surface area contributed by atoms with Gasteiger partial charge in [-0.05, 0) is 6.92 Å². The van der Waals surface area contributed by atoms with Crippen LogP contribution in [0.2, 0.25) is 5.02 Å². The average Bonchev–Trinajstić information content (AvgIpc) is 2.21. The fraction of sp³-hybridized carbons (Fsp3) is 0.250. The van der Waals surface area contributed by atoms with Crippen LogP contribution in [0.5, 0.6) is 5.88 Å². The van der Waals surface area contributed by atoms with Crippen LogP contribution in [0, 0.1) is 6.92 Å². The summed E-state index contributed by atoms with van der Waals surface area (Å²) < 4.78 is 16.5. The maximum absolute atomic E-state index is 11.6. The molecule has 0 aliphatic carbocycles. The van der Waals surface area contributed by atoms with Crippen molar-refractivity contribution < 1.29 is 19.0 Å². The summed E-state index contributed by atoms with van der Waals surface area (Å²) in [6, 6.07) is 0. The first kappa shape index (κ1) is 10.7. The number of aromatic nitrogens is 1. The molecule has 4 nitrogen and oxygen atoms in total. The van der Waals surface area contributed by atoms with Crippen LogP contribution in [0.4, 0.5) is 4.53 Å². The van der Waals surface area contributed by atoms with Crippen molar-refractivity contribution in [2.45, 2.75) is 6.92 Å². The summed E-state index contributed by atoms with van der Waals surface area (Å²) in [4.78, 5) is 17.6. The maximum Gasteiger partial charge on any atom is 0.382 e. The summed E-state index contributed by atoms with van der Waals surface area (Å²) in [5.74, 6) is -0.890. The first-order chi connectivity index (χ1) is 6.61. The largest absolute Gasteiger partial charge is 0.481 e. The van der Waals surface area contributed by atoms with Crippen molar-refractivity contribution >= 4 is 17.6 Å². The van der Waals surface area contributed by atoms with E-state index >= 15 is 0 Å². The molecule has 1 heterocycles. The molecule has 0 N–H and O–H groups in total. The molecule has 0 amide bonds. The summed E-state index contributed by atoms with van der Waals surface area (Å²) in [6.07, 6.45) is 1.09. The van der Waals surface area contributed by atoms with Crippen LogP contribution in [-0.2, 0) is 4.94 Å². The lowest BCUT2D eigenvalue weighted by Gasteiger charge is -2.06. The van der Waals surface area contributed by atoms with E-state index in [0.717, 1.165) is 6.20 Å². The summed E-state index contributed by atoms with van der Waals surface area (Å²) in [7, 11) is 1.42. The molecule has 6 heteroatoms. The average molecular weight is 220 g/mol. The molecule has 0 saturated heterocycles. The normalized spacial score (nSPS) is 9.71. The van der Waals surface area contributed by atoms with E-state index in [1.807, 2.05) is 0 Å². The topological polar surface area (TPSA) is 48.4 Å². The smallest absolute Gasteiger partial charge is 0.382 e. The van der Waals surface area contributed by atoms with Gasteiger partial charge in [-0.25, -0.2) is 14.7 Å². The zero-order valence-corrected chi connectivity index (χ0v) is 8.26. The van der Waals surface area contributed by atoms with Gasteiger partial charge in [-0.3, -0.25) is 0 Å². The van der Waals surface area contributed by atoms with Crippen LogP contribution in [-0.4, -0.2) is 18.1 Å². The van der Waals surface area contributed by atoms with Gasteiger partial charge in [0.2, 0.25) is 5.88 Å². The second kappa shape index (κ2) is 4.23. The first-order valence-electron chi connectivity index (χ1n) is 3.63. The summed E-state index contributed by atoms with van der Waals surface area (Å²) >= 11 is 5.76. The Morgan fingerprint density at radius 1 is 1.64 bits per heavy atom. The Labute approximate surface area is 84.5 Å². The van der Waals surface area contributed by atoms with E-state index in [1.165, 1.54) is 7.11 Å². The lowest BCUT2D eigenvalue weighted by atomic mass is 10.2. The molecule has 0 aliphatic heterocycles. The number of pyridine rings is 1. The Balaban J connectivity index is 3.24. The highest BCUT2D eigenvalue weighted by Crippen LogP contribution is 2.26. The van der Waals surface area contributed by atoms with Crippen LogP contribution in [0.1, 0.15) is 15.9 Å². The Morgan fingerprint density at radius 2 is 2.29 bits per heavy atom. The van der Waals surface area contributed by atoms with Crippen molar-refractivity contribution in [3.8, 4) is 5.88 Å². The molecular formula is C8H7ClFNO3. The first-order valence-corrected chi connectivity index (χ1v) is 4.01. The van der Waals surface area contributed by atoms with Crippen molar-refractivity contribution in [3.05, 3.63) is 22.3 Å². The molecule has 1 aromatic rings. The minimum absolute atomic E-state index is 0.0690. The highest BCUT2D eigenvalue weighted by atomic mass is 35.5. The highest BCUT2D eigenvalue weighted by Gasteiger charge is 2.17. The number of hydrogen-bond acceptors (Lipinski definition) is 4. The predicted octanol–water partition coefficient (Wildman–Crippen LogP) is 2.09. The summed E-state index contributed by atoms with van der Waals surface area (Å²) in [5.41, 5.74) is 0.324. The molecule has 0 aliphatic rings. The zero-order chi connectivity index (χ0) is 10.7. The van der Waals surface area contributed by atoms with Crippen molar-refractivity contribution in [2.24, 2.45) is 0 Å². The number of carbonyl (C=O) groups is 1. The van der Waals surface area contributed by atoms with Gasteiger partial charge in [0.05, 0.1) is 12.1 Å². The van der Waals surface area contributed by atoms with Crippen molar-refractivity contribution in [1.82, 2.24) is 4.98 Å². The van der Waals surface area contributed by atoms with Crippen molar-refractivity contribution in [1.29, 1.82) is 0 Å². The monoisotopic (exact) mass is 219 g/mol. The maximum atomic E-state index is 11.6. The van der Waals surface area contributed by atoms with Crippen LogP contribution in [0.25, 0.3) is 0 Å². The van der Waals surface area contributed by atoms with Crippen LogP contribution >= 0.6 is 11.6 Å². The molecule has 0 radical (unpaired) electrons. The van der Waals surface area contributed by atoms with Crippen molar-refractivity contribution in [2.75, 3.05) is 7.11 Å². The standard InChI is InChI=1S/C8H7ClFNO3/c1-4-6(9)5(8(12)14-10)3-11-7(4)13-2/h3H,1-2H3. The molecule has 14 heavy (non-hydrogen) atoms. The van der Waals surface area contributed by atoms with Gasteiger partial charge in [-0.2, -0.15) is 0 Å². The van der Waals surface area contributed by atoms with Gasteiger partial charge in [-0.1, -0.05) is 11.6 Å². The van der Waals surface area contributed by atoms with Crippen molar-refractivity contribution in [3.63, 3.8) is 0 Å². The number of nitrogens with zero attached hydrogens (tertiary/aromatic N) is 1.